The molecule has 1 aromatic heterocycles. The van der Waals surface area contributed by atoms with Crippen molar-refractivity contribution in [3.05, 3.63) is 18.2 Å². The zero-order valence-electron chi connectivity index (χ0n) is 15.4. The SMILES string of the molecule is CCS(=O)(=O)c1nc2ccc(N=NC3C(=O)N(CCC(=O)O)N=C3C(=O)O)cc2s1. The molecule has 0 saturated carbocycles. The first-order valence-electron chi connectivity index (χ1n) is 8.51. The Morgan fingerprint density at radius 3 is 2.67 bits per heavy atom. The third-order valence-corrected chi connectivity index (χ3v) is 7.23. The Morgan fingerprint density at radius 2 is 2.03 bits per heavy atom. The molecule has 1 aliphatic heterocycles. The average Bonchev–Trinajstić information content (AvgIpc) is 3.26. The van der Waals surface area contributed by atoms with Crippen molar-refractivity contribution in [2.75, 3.05) is 12.3 Å². The van der Waals surface area contributed by atoms with Crippen LogP contribution in [-0.2, 0) is 24.2 Å². The minimum absolute atomic E-state index is 0.0190. The van der Waals surface area contributed by atoms with E-state index in [-0.39, 0.29) is 22.3 Å². The quantitative estimate of drug-likeness (QED) is 0.561. The number of hydrogen-bond donors (Lipinski definition) is 2. The van der Waals surface area contributed by atoms with E-state index >= 15 is 0 Å². The van der Waals surface area contributed by atoms with E-state index in [4.69, 9.17) is 5.11 Å². The van der Waals surface area contributed by atoms with Crippen LogP contribution in [-0.4, -0.2) is 70.5 Å². The predicted molar refractivity (Wildman–Crippen MR) is 105 cm³/mol. The summed E-state index contributed by atoms with van der Waals surface area (Å²) in [4.78, 5) is 38.5. The first-order chi connectivity index (χ1) is 14.1. The van der Waals surface area contributed by atoms with Crippen molar-refractivity contribution in [2.45, 2.75) is 23.7 Å². The highest BCUT2D eigenvalue weighted by molar-refractivity contribution is 7.93. The third-order valence-electron chi connectivity index (χ3n) is 4.02. The predicted octanol–water partition coefficient (Wildman–Crippen LogP) is 1.30. The molecule has 0 radical (unpaired) electrons. The van der Waals surface area contributed by atoms with E-state index in [9.17, 15) is 27.9 Å². The van der Waals surface area contributed by atoms with Crippen molar-refractivity contribution >= 4 is 60.6 Å². The monoisotopic (exact) mass is 453 g/mol. The normalized spacial score (nSPS) is 17.1. The summed E-state index contributed by atoms with van der Waals surface area (Å²) in [5.74, 6) is -3.52. The number of aliphatic carboxylic acids is 2. The van der Waals surface area contributed by atoms with Gasteiger partial charge in [-0.1, -0.05) is 6.92 Å². The second kappa shape index (κ2) is 8.23. The minimum atomic E-state index is -3.46. The first kappa shape index (κ1) is 21.4. The van der Waals surface area contributed by atoms with Crippen LogP contribution in [0.25, 0.3) is 10.2 Å². The van der Waals surface area contributed by atoms with Crippen LogP contribution < -0.4 is 0 Å². The van der Waals surface area contributed by atoms with E-state index in [0.29, 0.717) is 10.2 Å². The summed E-state index contributed by atoms with van der Waals surface area (Å²) in [5, 5.41) is 30.0. The lowest BCUT2D eigenvalue weighted by atomic mass is 10.2. The van der Waals surface area contributed by atoms with Crippen LogP contribution >= 0.6 is 11.3 Å². The number of amides is 1. The first-order valence-corrected chi connectivity index (χ1v) is 11.0. The van der Waals surface area contributed by atoms with E-state index in [1.165, 1.54) is 25.1 Å². The standard InChI is InChI=1S/C16H15N5O7S2/c1-2-30(27,28)16-17-9-4-3-8(7-10(9)29-16)18-19-12-13(15(25)26)20-21(14(12)24)6-5-11(22)23/h3-4,7,12H,2,5-6H2,1H3,(H,22,23)(H,25,26). The van der Waals surface area contributed by atoms with Crippen molar-refractivity contribution < 1.29 is 33.0 Å². The third kappa shape index (κ3) is 4.33. The number of carbonyl (C=O) groups excluding carboxylic acids is 1. The van der Waals surface area contributed by atoms with Gasteiger partial charge in [0.2, 0.25) is 20.2 Å². The Kier molecular flexibility index (Phi) is 5.89. The summed E-state index contributed by atoms with van der Waals surface area (Å²) in [6.07, 6.45) is -0.406. The number of aromatic nitrogens is 1. The number of nitrogens with zero attached hydrogens (tertiary/aromatic N) is 5. The Bertz CT molecular complexity index is 1200. The van der Waals surface area contributed by atoms with Crippen molar-refractivity contribution in [3.8, 4) is 0 Å². The van der Waals surface area contributed by atoms with Gasteiger partial charge in [-0.15, -0.1) is 11.3 Å². The van der Waals surface area contributed by atoms with E-state index < -0.39 is 45.9 Å². The van der Waals surface area contributed by atoms with Gasteiger partial charge in [0.1, 0.15) is 0 Å². The fraction of sp³-hybridized carbons (Fsp3) is 0.312. The number of carbonyl (C=O) groups is 3. The van der Waals surface area contributed by atoms with E-state index in [2.05, 4.69) is 20.3 Å². The van der Waals surface area contributed by atoms with Crippen molar-refractivity contribution in [1.29, 1.82) is 0 Å². The Labute approximate surface area is 173 Å². The van der Waals surface area contributed by atoms with Crippen LogP contribution in [0.5, 0.6) is 0 Å². The maximum absolute atomic E-state index is 12.3. The van der Waals surface area contributed by atoms with Crippen molar-refractivity contribution in [3.63, 3.8) is 0 Å². The molecule has 12 nitrogen and oxygen atoms in total. The number of sulfone groups is 1. The molecule has 0 spiro atoms. The topological polar surface area (TPSA) is 179 Å². The highest BCUT2D eigenvalue weighted by Crippen LogP contribution is 2.30. The minimum Gasteiger partial charge on any atom is -0.481 e. The molecule has 0 fully saturated rings. The van der Waals surface area contributed by atoms with E-state index in [1.54, 1.807) is 0 Å². The lowest BCUT2D eigenvalue weighted by Gasteiger charge is -2.10. The molecule has 0 saturated heterocycles. The van der Waals surface area contributed by atoms with Gasteiger partial charge in [0.05, 0.1) is 34.6 Å². The molecule has 0 bridgehead atoms. The zero-order chi connectivity index (χ0) is 22.1. The summed E-state index contributed by atoms with van der Waals surface area (Å²) in [6, 6.07) is 3.04. The van der Waals surface area contributed by atoms with Crippen LogP contribution in [0.2, 0.25) is 0 Å². The number of hydrogen-bond acceptors (Lipinski definition) is 10. The van der Waals surface area contributed by atoms with Crippen LogP contribution in [0.1, 0.15) is 13.3 Å². The molecule has 1 aromatic carbocycles. The van der Waals surface area contributed by atoms with Crippen LogP contribution in [0.3, 0.4) is 0 Å². The van der Waals surface area contributed by atoms with E-state index in [1.807, 2.05) is 0 Å². The zero-order valence-corrected chi connectivity index (χ0v) is 17.1. The maximum Gasteiger partial charge on any atom is 0.355 e. The molecule has 0 aliphatic carbocycles. The fourth-order valence-electron chi connectivity index (χ4n) is 2.45. The number of fused-ring (bicyclic) bond motifs is 1. The van der Waals surface area contributed by atoms with Gasteiger partial charge in [-0.05, 0) is 18.2 Å². The summed E-state index contributed by atoms with van der Waals surface area (Å²) in [6.45, 7) is 1.22. The molecule has 1 atom stereocenters. The summed E-state index contributed by atoms with van der Waals surface area (Å²) < 4.78 is 24.5. The number of hydrazone groups is 1. The molecule has 1 unspecified atom stereocenters. The average molecular weight is 453 g/mol. The Hall–Kier alpha value is -3.26. The summed E-state index contributed by atoms with van der Waals surface area (Å²) >= 11 is 0.967. The highest BCUT2D eigenvalue weighted by Gasteiger charge is 2.40. The molecule has 2 heterocycles. The second-order valence-corrected chi connectivity index (χ2v) is 9.53. The molecule has 2 N–H and O–H groups in total. The molecule has 158 valence electrons. The number of thiazole rings is 1. The second-order valence-electron chi connectivity index (χ2n) is 6.05. The number of carboxylic acid groups (broad SMARTS) is 2. The van der Waals surface area contributed by atoms with Gasteiger partial charge < -0.3 is 10.2 Å². The van der Waals surface area contributed by atoms with Gasteiger partial charge in [0.25, 0.3) is 5.91 Å². The van der Waals surface area contributed by atoms with Crippen LogP contribution in [0.15, 0.2) is 37.9 Å². The van der Waals surface area contributed by atoms with Gasteiger partial charge in [0, 0.05) is 0 Å². The van der Waals surface area contributed by atoms with Gasteiger partial charge in [-0.25, -0.2) is 23.2 Å². The number of rotatable bonds is 8. The van der Waals surface area contributed by atoms with E-state index in [0.717, 1.165) is 16.3 Å². The molecule has 1 aliphatic rings. The number of azo groups is 1. The number of benzene rings is 1. The van der Waals surface area contributed by atoms with Crippen LogP contribution in [0.4, 0.5) is 5.69 Å². The van der Waals surface area contributed by atoms with Gasteiger partial charge in [-0.2, -0.15) is 15.3 Å². The molecule has 30 heavy (non-hydrogen) atoms. The lowest BCUT2D eigenvalue weighted by Crippen LogP contribution is -2.33. The molecular formula is C16H15N5O7S2. The Balaban J connectivity index is 1.85. The molecule has 14 heteroatoms. The highest BCUT2D eigenvalue weighted by atomic mass is 32.2. The number of carboxylic acids is 2. The smallest absolute Gasteiger partial charge is 0.355 e. The van der Waals surface area contributed by atoms with Gasteiger partial charge in [0.15, 0.2) is 5.71 Å². The Morgan fingerprint density at radius 1 is 1.30 bits per heavy atom. The maximum atomic E-state index is 12.3. The lowest BCUT2D eigenvalue weighted by molar-refractivity contribution is -0.138. The van der Waals surface area contributed by atoms with Gasteiger partial charge in [-0.3, -0.25) is 9.59 Å². The molecule has 3 rings (SSSR count). The van der Waals surface area contributed by atoms with Gasteiger partial charge >= 0.3 is 11.9 Å². The van der Waals surface area contributed by atoms with Crippen LogP contribution in [0, 0.1) is 0 Å². The summed E-state index contributed by atoms with van der Waals surface area (Å²) in [7, 11) is -3.46. The molecule has 2 aromatic rings. The summed E-state index contributed by atoms with van der Waals surface area (Å²) in [5.41, 5.74) is 0.146. The molecular weight excluding hydrogens is 438 g/mol. The fourth-order valence-corrected chi connectivity index (χ4v) is 4.80. The molecule has 1 amide bonds. The largest absolute Gasteiger partial charge is 0.481 e. The van der Waals surface area contributed by atoms with Crippen molar-refractivity contribution in [2.24, 2.45) is 15.3 Å². The van der Waals surface area contributed by atoms with Crippen molar-refractivity contribution in [1.82, 2.24) is 9.99 Å².